The summed E-state index contributed by atoms with van der Waals surface area (Å²) in [6.45, 7) is 2.30. The SMILES string of the molecule is C[C@H](NC(=O)[C@H](O)c1cc(F)cc(F)c1)C(=O)N[C@H]1C=CCCN(C)C1c1ccccc1. The molecule has 0 spiro atoms. The van der Waals surface area contributed by atoms with Crippen molar-refractivity contribution in [1.82, 2.24) is 15.5 Å². The smallest absolute Gasteiger partial charge is 0.254 e. The first-order valence-electron chi connectivity index (χ1n) is 10.4. The van der Waals surface area contributed by atoms with Crippen molar-refractivity contribution in [3.05, 3.63) is 83.4 Å². The van der Waals surface area contributed by atoms with Crippen LogP contribution in [0, 0.1) is 11.6 Å². The minimum absolute atomic E-state index is 0.0948. The Bertz CT molecular complexity index is 963. The fourth-order valence-electron chi connectivity index (χ4n) is 3.81. The average molecular weight is 443 g/mol. The highest BCUT2D eigenvalue weighted by Crippen LogP contribution is 2.26. The molecule has 2 aromatic carbocycles. The molecular weight excluding hydrogens is 416 g/mol. The minimum atomic E-state index is -1.81. The van der Waals surface area contributed by atoms with Crippen LogP contribution in [-0.4, -0.2) is 47.5 Å². The number of benzene rings is 2. The third kappa shape index (κ3) is 5.77. The topological polar surface area (TPSA) is 81.7 Å². The third-order valence-corrected chi connectivity index (χ3v) is 5.46. The van der Waals surface area contributed by atoms with Crippen LogP contribution in [0.5, 0.6) is 0 Å². The number of carbonyl (C=O) groups is 2. The number of rotatable bonds is 6. The lowest BCUT2D eigenvalue weighted by Crippen LogP contribution is -2.51. The summed E-state index contributed by atoms with van der Waals surface area (Å²) in [5.41, 5.74) is 0.817. The van der Waals surface area contributed by atoms with E-state index in [0.29, 0.717) is 6.07 Å². The highest BCUT2D eigenvalue weighted by Gasteiger charge is 2.30. The van der Waals surface area contributed by atoms with Crippen molar-refractivity contribution in [2.24, 2.45) is 0 Å². The minimum Gasteiger partial charge on any atom is -0.378 e. The number of aliphatic hydroxyl groups excluding tert-OH is 1. The Morgan fingerprint density at radius 2 is 1.75 bits per heavy atom. The number of aliphatic hydroxyl groups is 1. The maximum atomic E-state index is 13.4. The number of carbonyl (C=O) groups excluding carboxylic acids is 2. The fourth-order valence-corrected chi connectivity index (χ4v) is 3.81. The van der Waals surface area contributed by atoms with Crippen molar-refractivity contribution >= 4 is 11.8 Å². The highest BCUT2D eigenvalue weighted by molar-refractivity contribution is 5.89. The summed E-state index contributed by atoms with van der Waals surface area (Å²) >= 11 is 0. The number of hydrogen-bond donors (Lipinski definition) is 3. The lowest BCUT2D eigenvalue weighted by Gasteiger charge is -2.33. The van der Waals surface area contributed by atoms with Crippen molar-refractivity contribution in [2.75, 3.05) is 13.6 Å². The van der Waals surface area contributed by atoms with Gasteiger partial charge in [-0.05, 0) is 43.7 Å². The van der Waals surface area contributed by atoms with E-state index in [2.05, 4.69) is 15.5 Å². The Hall–Kier alpha value is -3.10. The number of halogens is 2. The number of nitrogens with zero attached hydrogens (tertiary/aromatic N) is 1. The molecule has 0 radical (unpaired) electrons. The standard InChI is InChI=1S/C24H27F2N3O3/c1-15(27-24(32)22(30)17-12-18(25)14-19(26)13-17)23(31)28-20-10-6-7-11-29(2)21(20)16-8-4-3-5-9-16/h3-6,8-10,12-15,20-22,30H,7,11H2,1-2H3,(H,27,32)(H,28,31)/t15-,20-,21?,22+/m0/s1. The van der Waals surface area contributed by atoms with E-state index in [0.717, 1.165) is 30.7 Å². The molecule has 0 aliphatic carbocycles. The zero-order valence-electron chi connectivity index (χ0n) is 18.0. The predicted molar refractivity (Wildman–Crippen MR) is 116 cm³/mol. The Labute approximate surface area is 185 Å². The molecular formula is C24H27F2N3O3. The monoisotopic (exact) mass is 443 g/mol. The Kier molecular flexibility index (Phi) is 7.71. The van der Waals surface area contributed by atoms with Crippen molar-refractivity contribution in [3.63, 3.8) is 0 Å². The average Bonchev–Trinajstić information content (AvgIpc) is 2.93. The molecule has 0 saturated heterocycles. The lowest BCUT2D eigenvalue weighted by atomic mass is 9.98. The van der Waals surface area contributed by atoms with Gasteiger partial charge in [-0.3, -0.25) is 14.5 Å². The van der Waals surface area contributed by atoms with Crippen molar-refractivity contribution in [3.8, 4) is 0 Å². The Morgan fingerprint density at radius 3 is 2.41 bits per heavy atom. The van der Waals surface area contributed by atoms with E-state index in [4.69, 9.17) is 0 Å². The van der Waals surface area contributed by atoms with Gasteiger partial charge < -0.3 is 15.7 Å². The van der Waals surface area contributed by atoms with Gasteiger partial charge in [0.15, 0.2) is 6.10 Å². The van der Waals surface area contributed by atoms with Crippen LogP contribution in [0.15, 0.2) is 60.7 Å². The largest absolute Gasteiger partial charge is 0.378 e. The van der Waals surface area contributed by atoms with Crippen molar-refractivity contribution < 1.29 is 23.5 Å². The lowest BCUT2D eigenvalue weighted by molar-refractivity contribution is -0.134. The van der Waals surface area contributed by atoms with E-state index in [9.17, 15) is 23.5 Å². The number of hydrogen-bond acceptors (Lipinski definition) is 4. The van der Waals surface area contributed by atoms with Gasteiger partial charge in [0.05, 0.1) is 12.1 Å². The second-order valence-electron chi connectivity index (χ2n) is 7.92. The first kappa shape index (κ1) is 23.6. The van der Waals surface area contributed by atoms with E-state index >= 15 is 0 Å². The van der Waals surface area contributed by atoms with Crippen molar-refractivity contribution in [2.45, 2.75) is 37.6 Å². The van der Waals surface area contributed by atoms with Crippen molar-refractivity contribution in [1.29, 1.82) is 0 Å². The van der Waals surface area contributed by atoms with Crippen LogP contribution in [0.4, 0.5) is 8.78 Å². The summed E-state index contributed by atoms with van der Waals surface area (Å²) in [6.07, 6.45) is 2.99. The number of amides is 2. The van der Waals surface area contributed by atoms with Gasteiger partial charge in [-0.15, -0.1) is 0 Å². The predicted octanol–water partition coefficient (Wildman–Crippen LogP) is 2.62. The fraction of sp³-hybridized carbons (Fsp3) is 0.333. The zero-order chi connectivity index (χ0) is 23.3. The van der Waals surface area contributed by atoms with Gasteiger partial charge in [0.2, 0.25) is 5.91 Å². The molecule has 2 aromatic rings. The maximum absolute atomic E-state index is 13.4. The van der Waals surface area contributed by atoms with Gasteiger partial charge in [-0.1, -0.05) is 42.5 Å². The summed E-state index contributed by atoms with van der Waals surface area (Å²) in [5, 5.41) is 15.5. The first-order valence-corrected chi connectivity index (χ1v) is 10.4. The summed E-state index contributed by atoms with van der Waals surface area (Å²) in [4.78, 5) is 27.3. The normalized spacial score (nSPS) is 20.8. The van der Waals surface area contributed by atoms with Crippen LogP contribution in [0.2, 0.25) is 0 Å². The van der Waals surface area contributed by atoms with Gasteiger partial charge in [0, 0.05) is 12.6 Å². The van der Waals surface area contributed by atoms with Crippen LogP contribution in [-0.2, 0) is 9.59 Å². The van der Waals surface area contributed by atoms with Gasteiger partial charge >= 0.3 is 0 Å². The van der Waals surface area contributed by atoms with Crippen LogP contribution < -0.4 is 10.6 Å². The van der Waals surface area contributed by atoms with Gasteiger partial charge in [0.1, 0.15) is 17.7 Å². The molecule has 0 aromatic heterocycles. The first-order chi connectivity index (χ1) is 15.3. The van der Waals surface area contributed by atoms with Gasteiger partial charge in [-0.2, -0.15) is 0 Å². The summed E-state index contributed by atoms with van der Waals surface area (Å²) in [5.74, 6) is -3.18. The van der Waals surface area contributed by atoms with E-state index in [1.165, 1.54) is 6.92 Å². The van der Waals surface area contributed by atoms with E-state index in [1.807, 2.05) is 49.5 Å². The number of nitrogens with one attached hydrogen (secondary N) is 2. The molecule has 1 aliphatic rings. The second kappa shape index (κ2) is 10.5. The molecule has 32 heavy (non-hydrogen) atoms. The van der Waals surface area contributed by atoms with E-state index in [-0.39, 0.29) is 17.6 Å². The molecule has 2 amide bonds. The Balaban J connectivity index is 1.68. The second-order valence-corrected chi connectivity index (χ2v) is 7.92. The maximum Gasteiger partial charge on any atom is 0.254 e. The summed E-state index contributed by atoms with van der Waals surface area (Å²) in [6, 6.07) is 10.8. The summed E-state index contributed by atoms with van der Waals surface area (Å²) in [7, 11) is 1.99. The number of likely N-dealkylation sites (N-methyl/N-ethyl adjacent to an activating group) is 1. The van der Waals surface area contributed by atoms with Crippen LogP contribution in [0.1, 0.15) is 36.6 Å². The molecule has 8 heteroatoms. The zero-order valence-corrected chi connectivity index (χ0v) is 18.0. The molecule has 0 saturated carbocycles. The van der Waals surface area contributed by atoms with Crippen LogP contribution >= 0.6 is 0 Å². The quantitative estimate of drug-likeness (QED) is 0.600. The van der Waals surface area contributed by atoms with Crippen LogP contribution in [0.25, 0.3) is 0 Å². The molecule has 0 fully saturated rings. The molecule has 6 nitrogen and oxygen atoms in total. The molecule has 3 rings (SSSR count). The van der Waals surface area contributed by atoms with Gasteiger partial charge in [-0.25, -0.2) is 8.78 Å². The van der Waals surface area contributed by atoms with Gasteiger partial charge in [0.25, 0.3) is 5.91 Å². The molecule has 3 N–H and O–H groups in total. The van der Waals surface area contributed by atoms with Crippen LogP contribution in [0.3, 0.4) is 0 Å². The summed E-state index contributed by atoms with van der Waals surface area (Å²) < 4.78 is 26.8. The molecule has 1 aliphatic heterocycles. The molecule has 170 valence electrons. The highest BCUT2D eigenvalue weighted by atomic mass is 19.1. The third-order valence-electron chi connectivity index (χ3n) is 5.46. The molecule has 1 unspecified atom stereocenters. The Morgan fingerprint density at radius 1 is 1.09 bits per heavy atom. The van der Waals surface area contributed by atoms with E-state index < -0.39 is 35.6 Å². The van der Waals surface area contributed by atoms with E-state index in [1.54, 1.807) is 0 Å². The molecule has 0 bridgehead atoms. The molecule has 1 heterocycles. The molecule has 4 atom stereocenters.